The van der Waals surface area contributed by atoms with Gasteiger partial charge >= 0.3 is 0 Å². The Morgan fingerprint density at radius 3 is 1.02 bits per heavy atom. The Morgan fingerprint density at radius 1 is 0.396 bits per heavy atom. The largest absolute Gasteiger partial charge is 0.382 e. The summed E-state index contributed by atoms with van der Waals surface area (Å²) < 4.78 is 46.5. The number of nitrogens with one attached hydrogen (secondary N) is 3. The third-order valence-corrected chi connectivity index (χ3v) is 5.71. The lowest BCUT2D eigenvalue weighted by molar-refractivity contribution is -0.123. The van der Waals surface area contributed by atoms with Crippen LogP contribution >= 0.6 is 0 Å². The molecule has 284 valence electrons. The van der Waals surface area contributed by atoms with E-state index in [1.54, 1.807) is 14.2 Å². The minimum absolute atomic E-state index is 0.0387. The van der Waals surface area contributed by atoms with E-state index in [4.69, 9.17) is 42.6 Å². The summed E-state index contributed by atoms with van der Waals surface area (Å²) in [5, 5.41) is 8.24. The second-order valence-electron chi connectivity index (χ2n) is 10.0. The summed E-state index contributed by atoms with van der Waals surface area (Å²) in [5.74, 6) is 0.00574. The van der Waals surface area contributed by atoms with E-state index in [9.17, 15) is 19.2 Å². The molecule has 16 nitrogen and oxygen atoms in total. The first kappa shape index (κ1) is 47.8. The summed E-state index contributed by atoms with van der Waals surface area (Å²) in [4.78, 5) is 44.9. The van der Waals surface area contributed by atoms with Gasteiger partial charge in [0.05, 0.1) is 106 Å². The van der Waals surface area contributed by atoms with E-state index in [0.29, 0.717) is 145 Å². The topological polar surface area (TPSA) is 187 Å². The third-order valence-electron chi connectivity index (χ3n) is 5.71. The van der Waals surface area contributed by atoms with E-state index < -0.39 is 0 Å². The SMILES string of the molecule is CCCC(=O)NCCOCCOCCC(=O)NCCOCCOCCC(C)=O.COCCOCCNC(=O)CCOCCOCCOC. The molecule has 0 aliphatic heterocycles. The Morgan fingerprint density at radius 2 is 0.688 bits per heavy atom. The van der Waals surface area contributed by atoms with Crippen molar-refractivity contribution in [1.29, 1.82) is 0 Å². The maximum atomic E-state index is 11.6. The predicted octanol–water partition coefficient (Wildman–Crippen LogP) is 0.290. The van der Waals surface area contributed by atoms with Gasteiger partial charge in [0.1, 0.15) is 5.78 Å². The molecular formula is C32H63N3O13. The highest BCUT2D eigenvalue weighted by Gasteiger charge is 2.02. The molecule has 3 amide bonds. The number of carbonyl (C=O) groups excluding carboxylic acids is 4. The van der Waals surface area contributed by atoms with Crippen molar-refractivity contribution in [3.8, 4) is 0 Å². The van der Waals surface area contributed by atoms with Crippen LogP contribution in [0.2, 0.25) is 0 Å². The van der Waals surface area contributed by atoms with Crippen LogP contribution in [0.25, 0.3) is 0 Å². The van der Waals surface area contributed by atoms with Crippen molar-refractivity contribution in [1.82, 2.24) is 16.0 Å². The van der Waals surface area contributed by atoms with Gasteiger partial charge in [-0.05, 0) is 13.3 Å². The fourth-order valence-electron chi connectivity index (χ4n) is 3.18. The molecule has 0 saturated heterocycles. The standard InChI is InChI=1S/C19H36N2O7.C13H27NO6/c1-3-4-18(23)20-7-11-27-16-14-26-10-6-19(24)21-8-12-28-15-13-25-9-5-17(2)22;1-16-7-9-19-6-4-14-13(15)3-5-18-11-12-20-10-8-17-2/h3-16H2,1-2H3,(H,20,23)(H,21,24);3-12H2,1-2H3,(H,14,15). The quantitative estimate of drug-likeness (QED) is 0.0768. The first-order valence-electron chi connectivity index (χ1n) is 16.7. The van der Waals surface area contributed by atoms with E-state index in [0.717, 1.165) is 6.42 Å². The molecule has 0 aromatic carbocycles. The molecular weight excluding hydrogens is 634 g/mol. The third kappa shape index (κ3) is 43.7. The summed E-state index contributed by atoms with van der Waals surface area (Å²) in [6.45, 7) is 12.3. The molecule has 0 fully saturated rings. The predicted molar refractivity (Wildman–Crippen MR) is 178 cm³/mol. The van der Waals surface area contributed by atoms with Crippen LogP contribution in [0.1, 0.15) is 46.0 Å². The lowest BCUT2D eigenvalue weighted by atomic mass is 10.3. The average Bonchev–Trinajstić information content (AvgIpc) is 3.06. The fraction of sp³-hybridized carbons (Fsp3) is 0.875. The molecule has 0 bridgehead atoms. The van der Waals surface area contributed by atoms with Crippen LogP contribution in [0.4, 0.5) is 0 Å². The van der Waals surface area contributed by atoms with Gasteiger partial charge in [0, 0.05) is 59.5 Å². The molecule has 0 aromatic heterocycles. The van der Waals surface area contributed by atoms with Crippen molar-refractivity contribution in [3.05, 3.63) is 0 Å². The van der Waals surface area contributed by atoms with Crippen LogP contribution in [0, 0.1) is 0 Å². The monoisotopic (exact) mass is 697 g/mol. The van der Waals surface area contributed by atoms with Crippen LogP contribution in [0.3, 0.4) is 0 Å². The number of hydrogen-bond donors (Lipinski definition) is 3. The molecule has 0 spiro atoms. The van der Waals surface area contributed by atoms with Crippen molar-refractivity contribution in [3.63, 3.8) is 0 Å². The smallest absolute Gasteiger partial charge is 0.222 e. The molecule has 48 heavy (non-hydrogen) atoms. The minimum Gasteiger partial charge on any atom is -0.382 e. The van der Waals surface area contributed by atoms with Gasteiger partial charge in [-0.1, -0.05) is 6.92 Å². The van der Waals surface area contributed by atoms with Crippen LogP contribution in [0.15, 0.2) is 0 Å². The molecule has 0 aliphatic carbocycles. The summed E-state index contributed by atoms with van der Waals surface area (Å²) in [6, 6.07) is 0. The Bertz CT molecular complexity index is 748. The van der Waals surface area contributed by atoms with Gasteiger partial charge < -0.3 is 58.6 Å². The van der Waals surface area contributed by atoms with E-state index >= 15 is 0 Å². The molecule has 0 atom stereocenters. The molecule has 0 aliphatic rings. The highest BCUT2D eigenvalue weighted by atomic mass is 16.5. The van der Waals surface area contributed by atoms with Crippen LogP contribution in [-0.2, 0) is 61.8 Å². The van der Waals surface area contributed by atoms with Gasteiger partial charge in [-0.2, -0.15) is 0 Å². The molecule has 0 heterocycles. The van der Waals surface area contributed by atoms with Crippen molar-refractivity contribution in [2.45, 2.75) is 46.0 Å². The molecule has 0 saturated carbocycles. The Balaban J connectivity index is 0. The number of hydrogen-bond acceptors (Lipinski definition) is 13. The maximum Gasteiger partial charge on any atom is 0.222 e. The Labute approximate surface area is 286 Å². The van der Waals surface area contributed by atoms with Gasteiger partial charge in [0.25, 0.3) is 0 Å². The van der Waals surface area contributed by atoms with E-state index in [2.05, 4.69) is 16.0 Å². The van der Waals surface area contributed by atoms with E-state index in [1.165, 1.54) is 6.92 Å². The highest BCUT2D eigenvalue weighted by Crippen LogP contribution is 1.89. The Hall–Kier alpha value is -2.28. The van der Waals surface area contributed by atoms with Crippen molar-refractivity contribution in [2.75, 3.05) is 140 Å². The number of ketones is 1. The lowest BCUT2D eigenvalue weighted by Crippen LogP contribution is -2.28. The fourth-order valence-corrected chi connectivity index (χ4v) is 3.18. The number of ether oxygens (including phenoxy) is 9. The number of carbonyl (C=O) groups is 4. The summed E-state index contributed by atoms with van der Waals surface area (Å²) in [5.41, 5.74) is 0. The Kier molecular flexibility index (Phi) is 40.8. The first-order valence-corrected chi connectivity index (χ1v) is 16.7. The molecule has 0 rings (SSSR count). The number of methoxy groups -OCH3 is 2. The minimum atomic E-state index is -0.0964. The first-order chi connectivity index (χ1) is 23.4. The maximum absolute atomic E-state index is 11.6. The number of rotatable bonds is 35. The van der Waals surface area contributed by atoms with Crippen LogP contribution < -0.4 is 16.0 Å². The number of Topliss-reactive ketones (excluding diaryl/α,β-unsaturated/α-hetero) is 1. The van der Waals surface area contributed by atoms with Crippen molar-refractivity contribution < 1.29 is 61.8 Å². The average molecular weight is 698 g/mol. The van der Waals surface area contributed by atoms with Gasteiger partial charge in [0.2, 0.25) is 17.7 Å². The molecule has 3 N–H and O–H groups in total. The molecule has 0 unspecified atom stereocenters. The lowest BCUT2D eigenvalue weighted by Gasteiger charge is -2.08. The highest BCUT2D eigenvalue weighted by molar-refractivity contribution is 5.76. The van der Waals surface area contributed by atoms with Gasteiger partial charge in [0.15, 0.2) is 0 Å². The summed E-state index contributed by atoms with van der Waals surface area (Å²) in [7, 11) is 3.24. The second-order valence-corrected chi connectivity index (χ2v) is 10.0. The van der Waals surface area contributed by atoms with Gasteiger partial charge in [-0.3, -0.25) is 19.2 Å². The molecule has 0 aromatic rings. The summed E-state index contributed by atoms with van der Waals surface area (Å²) >= 11 is 0. The second kappa shape index (κ2) is 40.9. The number of amides is 3. The summed E-state index contributed by atoms with van der Waals surface area (Å²) in [6.07, 6.45) is 2.41. The van der Waals surface area contributed by atoms with Gasteiger partial charge in [-0.25, -0.2) is 0 Å². The van der Waals surface area contributed by atoms with E-state index in [1.807, 2.05) is 6.92 Å². The van der Waals surface area contributed by atoms with Crippen molar-refractivity contribution in [2.24, 2.45) is 0 Å². The van der Waals surface area contributed by atoms with Gasteiger partial charge in [-0.15, -0.1) is 0 Å². The molecule has 0 radical (unpaired) electrons. The van der Waals surface area contributed by atoms with Crippen LogP contribution in [0.5, 0.6) is 0 Å². The zero-order chi connectivity index (χ0) is 35.8. The molecule has 16 heteroatoms. The zero-order valence-corrected chi connectivity index (χ0v) is 29.8. The normalized spacial score (nSPS) is 10.7. The zero-order valence-electron chi connectivity index (χ0n) is 29.8. The van der Waals surface area contributed by atoms with Crippen LogP contribution in [-0.4, -0.2) is 163 Å². The van der Waals surface area contributed by atoms with Crippen molar-refractivity contribution >= 4 is 23.5 Å². The van der Waals surface area contributed by atoms with E-state index in [-0.39, 0.29) is 29.9 Å².